The second kappa shape index (κ2) is 8.11. The molecule has 0 spiro atoms. The number of hydrogen-bond acceptors (Lipinski definition) is 1. The maximum absolute atomic E-state index is 12.6. The molecule has 2 aromatic rings. The molecular weight excluding hydrogens is 350 g/mol. The average Bonchev–Trinajstić information content (AvgIpc) is 2.57. The Morgan fingerprint density at radius 2 is 1.65 bits per heavy atom. The first kappa shape index (κ1) is 17.5. The molecular formula is C20H22BrNO. The number of rotatable bonds is 6. The smallest absolute Gasteiger partial charge is 0.224 e. The van der Waals surface area contributed by atoms with E-state index in [4.69, 9.17) is 0 Å². The summed E-state index contributed by atoms with van der Waals surface area (Å²) in [6, 6.07) is 18.0. The molecule has 1 N–H and O–H groups in total. The molecule has 2 aromatic carbocycles. The SMILES string of the molecule is C=C[C@@H](c1ccc(Br)cc1)[C@@H](C)C(=O)N[C@H](C)c1ccccc1. The van der Waals surface area contributed by atoms with Gasteiger partial charge in [-0.2, -0.15) is 0 Å². The number of hydrogen-bond donors (Lipinski definition) is 1. The highest BCUT2D eigenvalue weighted by atomic mass is 79.9. The third-order valence-electron chi connectivity index (χ3n) is 4.12. The summed E-state index contributed by atoms with van der Waals surface area (Å²) >= 11 is 3.44. The van der Waals surface area contributed by atoms with E-state index in [-0.39, 0.29) is 23.8 Å². The van der Waals surface area contributed by atoms with Gasteiger partial charge in [0.15, 0.2) is 0 Å². The third kappa shape index (κ3) is 4.55. The lowest BCUT2D eigenvalue weighted by atomic mass is 9.86. The molecule has 1 amide bonds. The van der Waals surface area contributed by atoms with Crippen LogP contribution in [0.4, 0.5) is 0 Å². The molecule has 0 radical (unpaired) electrons. The lowest BCUT2D eigenvalue weighted by molar-refractivity contribution is -0.125. The molecule has 0 fully saturated rings. The van der Waals surface area contributed by atoms with E-state index in [0.29, 0.717) is 0 Å². The molecule has 0 aliphatic carbocycles. The molecule has 23 heavy (non-hydrogen) atoms. The van der Waals surface area contributed by atoms with Crippen molar-refractivity contribution in [3.05, 3.63) is 82.9 Å². The van der Waals surface area contributed by atoms with Gasteiger partial charge in [-0.15, -0.1) is 6.58 Å². The van der Waals surface area contributed by atoms with Crippen molar-refractivity contribution >= 4 is 21.8 Å². The summed E-state index contributed by atoms with van der Waals surface area (Å²) in [4.78, 5) is 12.6. The van der Waals surface area contributed by atoms with Gasteiger partial charge in [-0.25, -0.2) is 0 Å². The van der Waals surface area contributed by atoms with Crippen LogP contribution >= 0.6 is 15.9 Å². The van der Waals surface area contributed by atoms with Gasteiger partial charge in [0.1, 0.15) is 0 Å². The highest BCUT2D eigenvalue weighted by molar-refractivity contribution is 9.10. The van der Waals surface area contributed by atoms with Crippen LogP contribution in [0.25, 0.3) is 0 Å². The quantitative estimate of drug-likeness (QED) is 0.691. The van der Waals surface area contributed by atoms with Gasteiger partial charge in [0.2, 0.25) is 5.91 Å². The van der Waals surface area contributed by atoms with Gasteiger partial charge < -0.3 is 5.32 Å². The van der Waals surface area contributed by atoms with Gasteiger partial charge in [0.05, 0.1) is 6.04 Å². The first-order valence-electron chi connectivity index (χ1n) is 7.76. The molecule has 120 valence electrons. The van der Waals surface area contributed by atoms with Crippen molar-refractivity contribution < 1.29 is 4.79 Å². The van der Waals surface area contributed by atoms with Gasteiger partial charge in [-0.05, 0) is 30.2 Å². The van der Waals surface area contributed by atoms with Crippen molar-refractivity contribution in [2.75, 3.05) is 0 Å². The van der Waals surface area contributed by atoms with E-state index in [1.165, 1.54) is 0 Å². The molecule has 3 atom stereocenters. The molecule has 0 aromatic heterocycles. The standard InChI is InChI=1S/C20H22BrNO/c1-4-19(17-10-12-18(21)13-11-17)14(2)20(23)22-15(3)16-8-6-5-7-9-16/h4-15,19H,1H2,2-3H3,(H,22,23)/t14-,15-,19-/m1/s1. The van der Waals surface area contributed by atoms with Crippen LogP contribution in [0.15, 0.2) is 71.7 Å². The van der Waals surface area contributed by atoms with E-state index < -0.39 is 0 Å². The number of halogens is 1. The summed E-state index contributed by atoms with van der Waals surface area (Å²) in [6.45, 7) is 7.86. The van der Waals surface area contributed by atoms with Gasteiger partial charge in [0.25, 0.3) is 0 Å². The van der Waals surface area contributed by atoms with E-state index in [1.807, 2.05) is 74.5 Å². The van der Waals surface area contributed by atoms with Crippen molar-refractivity contribution in [3.63, 3.8) is 0 Å². The Kier molecular flexibility index (Phi) is 6.17. The average molecular weight is 372 g/mol. The van der Waals surface area contributed by atoms with E-state index in [1.54, 1.807) is 0 Å². The van der Waals surface area contributed by atoms with Crippen molar-refractivity contribution in [2.24, 2.45) is 5.92 Å². The van der Waals surface area contributed by atoms with Crippen LogP contribution in [0.1, 0.15) is 36.9 Å². The zero-order valence-electron chi connectivity index (χ0n) is 13.5. The van der Waals surface area contributed by atoms with Crippen LogP contribution in [0.3, 0.4) is 0 Å². The summed E-state index contributed by atoms with van der Waals surface area (Å²) < 4.78 is 1.03. The topological polar surface area (TPSA) is 29.1 Å². The van der Waals surface area contributed by atoms with Gasteiger partial charge in [0, 0.05) is 16.3 Å². The lowest BCUT2D eigenvalue weighted by Crippen LogP contribution is -2.34. The minimum absolute atomic E-state index is 0.00827. The fraction of sp³-hybridized carbons (Fsp3) is 0.250. The normalized spacial score (nSPS) is 14.6. The van der Waals surface area contributed by atoms with Crippen LogP contribution in [0.5, 0.6) is 0 Å². The molecule has 2 rings (SSSR count). The van der Waals surface area contributed by atoms with Crippen LogP contribution < -0.4 is 5.32 Å². The first-order valence-corrected chi connectivity index (χ1v) is 8.55. The Labute approximate surface area is 146 Å². The molecule has 0 saturated heterocycles. The molecule has 0 unspecified atom stereocenters. The number of allylic oxidation sites excluding steroid dienone is 1. The zero-order chi connectivity index (χ0) is 16.8. The van der Waals surface area contributed by atoms with Crippen molar-refractivity contribution in [3.8, 4) is 0 Å². The lowest BCUT2D eigenvalue weighted by Gasteiger charge is -2.23. The van der Waals surface area contributed by atoms with E-state index in [9.17, 15) is 4.79 Å². The van der Waals surface area contributed by atoms with Gasteiger partial charge >= 0.3 is 0 Å². The maximum atomic E-state index is 12.6. The molecule has 0 saturated carbocycles. The summed E-state index contributed by atoms with van der Waals surface area (Å²) in [6.07, 6.45) is 1.85. The number of amides is 1. The van der Waals surface area contributed by atoms with Crippen LogP contribution in [0, 0.1) is 5.92 Å². The van der Waals surface area contributed by atoms with Crippen LogP contribution in [0.2, 0.25) is 0 Å². The highest BCUT2D eigenvalue weighted by Crippen LogP contribution is 2.28. The fourth-order valence-corrected chi connectivity index (χ4v) is 2.91. The highest BCUT2D eigenvalue weighted by Gasteiger charge is 2.24. The Hall–Kier alpha value is -1.87. The summed E-state index contributed by atoms with van der Waals surface area (Å²) in [5.41, 5.74) is 2.20. The summed E-state index contributed by atoms with van der Waals surface area (Å²) in [7, 11) is 0. The van der Waals surface area contributed by atoms with E-state index in [0.717, 1.165) is 15.6 Å². The second-order valence-corrected chi connectivity index (χ2v) is 6.66. The Balaban J connectivity index is 2.08. The monoisotopic (exact) mass is 371 g/mol. The second-order valence-electron chi connectivity index (χ2n) is 5.74. The minimum atomic E-state index is -0.181. The molecule has 0 bridgehead atoms. The van der Waals surface area contributed by atoms with E-state index in [2.05, 4.69) is 27.8 Å². The van der Waals surface area contributed by atoms with Crippen molar-refractivity contribution in [1.82, 2.24) is 5.32 Å². The zero-order valence-corrected chi connectivity index (χ0v) is 15.1. The number of carbonyl (C=O) groups excluding carboxylic acids is 1. The number of nitrogens with one attached hydrogen (secondary N) is 1. The predicted octanol–water partition coefficient (Wildman–Crippen LogP) is 5.23. The Morgan fingerprint density at radius 1 is 1.04 bits per heavy atom. The maximum Gasteiger partial charge on any atom is 0.224 e. The molecule has 3 heteroatoms. The third-order valence-corrected chi connectivity index (χ3v) is 4.65. The Morgan fingerprint density at radius 3 is 2.22 bits per heavy atom. The molecule has 2 nitrogen and oxygen atoms in total. The first-order chi connectivity index (χ1) is 11.0. The van der Waals surface area contributed by atoms with E-state index >= 15 is 0 Å². The number of benzene rings is 2. The van der Waals surface area contributed by atoms with Gasteiger partial charge in [-0.1, -0.05) is 71.4 Å². The van der Waals surface area contributed by atoms with Gasteiger partial charge in [-0.3, -0.25) is 4.79 Å². The number of carbonyl (C=O) groups is 1. The Bertz CT molecular complexity index is 651. The van der Waals surface area contributed by atoms with Crippen molar-refractivity contribution in [1.29, 1.82) is 0 Å². The summed E-state index contributed by atoms with van der Waals surface area (Å²) in [5, 5.41) is 3.10. The minimum Gasteiger partial charge on any atom is -0.349 e. The fourth-order valence-electron chi connectivity index (χ4n) is 2.65. The van der Waals surface area contributed by atoms with Crippen molar-refractivity contribution in [2.45, 2.75) is 25.8 Å². The molecule has 0 aliphatic rings. The predicted molar refractivity (Wildman–Crippen MR) is 99.2 cm³/mol. The molecule has 0 heterocycles. The van der Waals surface area contributed by atoms with Crippen LogP contribution in [-0.4, -0.2) is 5.91 Å². The molecule has 0 aliphatic heterocycles. The summed E-state index contributed by atoms with van der Waals surface area (Å²) in [5.74, 6) is -0.153. The largest absolute Gasteiger partial charge is 0.349 e. The van der Waals surface area contributed by atoms with Crippen LogP contribution in [-0.2, 0) is 4.79 Å².